The van der Waals surface area contributed by atoms with Crippen LogP contribution < -0.4 is 0 Å². The topological polar surface area (TPSA) is 100 Å². The van der Waals surface area contributed by atoms with Gasteiger partial charge in [0.05, 0.1) is 23.6 Å². The molecule has 1 aromatic rings. The molecule has 1 N–H and O–H groups in total. The third-order valence-electron chi connectivity index (χ3n) is 4.61. The van der Waals surface area contributed by atoms with Gasteiger partial charge in [-0.05, 0) is 0 Å². The molecule has 1 aromatic heterocycles. The lowest BCUT2D eigenvalue weighted by atomic mass is 9.92. The molecule has 0 spiro atoms. The molecular weight excluding hydrogens is 290 g/mol. The molecule has 3 aliphatic rings. The molecule has 22 heavy (non-hydrogen) atoms. The van der Waals surface area contributed by atoms with Crippen LogP contribution in [0, 0.1) is 0 Å². The van der Waals surface area contributed by atoms with Gasteiger partial charge in [-0.3, -0.25) is 4.68 Å². The summed E-state index contributed by atoms with van der Waals surface area (Å²) in [4.78, 5) is 31.9. The second-order valence-electron chi connectivity index (χ2n) is 5.79. The van der Waals surface area contributed by atoms with E-state index in [1.165, 1.54) is 0 Å². The van der Waals surface area contributed by atoms with Gasteiger partial charge < -0.3 is 19.7 Å². The Morgan fingerprint density at radius 3 is 2.91 bits per heavy atom. The molecule has 0 radical (unpaired) electrons. The minimum Gasteiger partial charge on any atom is -0.478 e. The molecule has 0 saturated carbocycles. The molecule has 9 heteroatoms. The molecule has 3 aliphatic heterocycles. The van der Waals surface area contributed by atoms with Crippen LogP contribution in [0.3, 0.4) is 0 Å². The molecule has 3 atom stereocenters. The Morgan fingerprint density at radius 2 is 2.23 bits per heavy atom. The van der Waals surface area contributed by atoms with Crippen molar-refractivity contribution >= 4 is 17.7 Å². The number of carbonyl (C=O) groups excluding carboxylic acids is 1. The van der Waals surface area contributed by atoms with Gasteiger partial charge in [0.15, 0.2) is 0 Å². The number of hydrogen-bond acceptors (Lipinski definition) is 5. The van der Waals surface area contributed by atoms with E-state index in [-0.39, 0.29) is 18.5 Å². The predicted octanol–water partition coefficient (Wildman–Crippen LogP) is 0.113. The zero-order valence-corrected chi connectivity index (χ0v) is 12.1. The highest BCUT2D eigenvalue weighted by Crippen LogP contribution is 2.44. The van der Waals surface area contributed by atoms with Crippen LogP contribution in [-0.4, -0.2) is 62.1 Å². The fraction of sp³-hybridized carbons (Fsp3) is 0.538. The maximum Gasteiger partial charge on any atom is 0.348 e. The lowest BCUT2D eigenvalue weighted by Gasteiger charge is -2.31. The molecule has 1 fully saturated rings. The number of hydrogen-bond donors (Lipinski definition) is 1. The Morgan fingerprint density at radius 1 is 1.45 bits per heavy atom. The van der Waals surface area contributed by atoms with E-state index in [2.05, 4.69) is 10.3 Å². The first-order valence-electron chi connectivity index (χ1n) is 6.99. The Balaban J connectivity index is 1.78. The summed E-state index contributed by atoms with van der Waals surface area (Å²) in [6.45, 7) is 0.551. The predicted molar refractivity (Wildman–Crippen MR) is 73.1 cm³/mol. The second-order valence-corrected chi connectivity index (χ2v) is 5.79. The molecule has 0 aromatic carbocycles. The molecule has 2 bridgehead atoms. The SMILES string of the molecule is CN1C(=O)N2C[C@H]1c1cnn(C)c1[C@H]2C1=NOC(C(=O)O)C1. The highest BCUT2D eigenvalue weighted by molar-refractivity contribution is 5.98. The molecule has 0 aliphatic carbocycles. The number of aromatic nitrogens is 2. The lowest BCUT2D eigenvalue weighted by molar-refractivity contribution is -0.148. The van der Waals surface area contributed by atoms with Gasteiger partial charge in [-0.25, -0.2) is 9.59 Å². The molecule has 1 saturated heterocycles. The largest absolute Gasteiger partial charge is 0.478 e. The van der Waals surface area contributed by atoms with Crippen molar-refractivity contribution in [3.63, 3.8) is 0 Å². The molecule has 4 rings (SSSR count). The van der Waals surface area contributed by atoms with Crippen molar-refractivity contribution in [2.45, 2.75) is 24.6 Å². The van der Waals surface area contributed by atoms with Gasteiger partial charge in [0.2, 0.25) is 6.10 Å². The van der Waals surface area contributed by atoms with E-state index in [1.807, 2.05) is 7.05 Å². The number of amides is 2. The monoisotopic (exact) mass is 305 g/mol. The number of carboxylic acid groups (broad SMARTS) is 1. The Bertz CT molecular complexity index is 711. The Kier molecular flexibility index (Phi) is 2.51. The van der Waals surface area contributed by atoms with Crippen LogP contribution in [0.1, 0.15) is 29.8 Å². The maximum absolute atomic E-state index is 12.5. The van der Waals surface area contributed by atoms with Crippen LogP contribution in [-0.2, 0) is 16.7 Å². The van der Waals surface area contributed by atoms with Crippen LogP contribution in [0.5, 0.6) is 0 Å². The summed E-state index contributed by atoms with van der Waals surface area (Å²) >= 11 is 0. The number of rotatable bonds is 2. The summed E-state index contributed by atoms with van der Waals surface area (Å²) in [5.41, 5.74) is 2.42. The summed E-state index contributed by atoms with van der Waals surface area (Å²) in [5.74, 6) is -1.05. The number of oxime groups is 1. The third kappa shape index (κ3) is 1.53. The van der Waals surface area contributed by atoms with Crippen molar-refractivity contribution in [1.82, 2.24) is 19.6 Å². The number of likely N-dealkylation sites (N-methyl/N-ethyl adjacent to an activating group) is 1. The lowest BCUT2D eigenvalue weighted by Crippen LogP contribution is -2.39. The summed E-state index contributed by atoms with van der Waals surface area (Å²) in [6, 6.07) is -0.529. The molecule has 4 heterocycles. The van der Waals surface area contributed by atoms with Crippen LogP contribution in [0.2, 0.25) is 0 Å². The molecule has 9 nitrogen and oxygen atoms in total. The normalized spacial score (nSPS) is 29.5. The fourth-order valence-electron chi connectivity index (χ4n) is 3.48. The number of aliphatic carboxylic acids is 1. The van der Waals surface area contributed by atoms with Crippen LogP contribution in [0.4, 0.5) is 4.79 Å². The van der Waals surface area contributed by atoms with E-state index in [0.29, 0.717) is 12.3 Å². The number of aryl methyl sites for hydroxylation is 1. The number of carbonyl (C=O) groups is 2. The van der Waals surface area contributed by atoms with Gasteiger partial charge in [0.1, 0.15) is 6.04 Å². The number of fused-ring (bicyclic) bond motifs is 4. The fourth-order valence-corrected chi connectivity index (χ4v) is 3.48. The summed E-state index contributed by atoms with van der Waals surface area (Å²) in [5, 5.41) is 17.3. The summed E-state index contributed by atoms with van der Waals surface area (Å²) < 4.78 is 1.72. The molecule has 116 valence electrons. The van der Waals surface area contributed by atoms with Gasteiger partial charge in [0.25, 0.3) is 0 Å². The average Bonchev–Trinajstić information content (AvgIpc) is 3.16. The minimum absolute atomic E-state index is 0.0226. The van der Waals surface area contributed by atoms with Gasteiger partial charge in [-0.2, -0.15) is 5.10 Å². The van der Waals surface area contributed by atoms with E-state index in [4.69, 9.17) is 9.94 Å². The first-order chi connectivity index (χ1) is 10.5. The van der Waals surface area contributed by atoms with Crippen LogP contribution >= 0.6 is 0 Å². The van der Waals surface area contributed by atoms with Crippen molar-refractivity contribution in [3.8, 4) is 0 Å². The van der Waals surface area contributed by atoms with Crippen LogP contribution in [0.15, 0.2) is 11.4 Å². The van der Waals surface area contributed by atoms with Crippen molar-refractivity contribution in [2.24, 2.45) is 12.2 Å². The summed E-state index contributed by atoms with van der Waals surface area (Å²) in [7, 11) is 3.58. The minimum atomic E-state index is -1.05. The highest BCUT2D eigenvalue weighted by atomic mass is 16.7. The second kappa shape index (κ2) is 4.21. The third-order valence-corrected chi connectivity index (χ3v) is 4.61. The van der Waals surface area contributed by atoms with Crippen molar-refractivity contribution in [1.29, 1.82) is 0 Å². The summed E-state index contributed by atoms with van der Waals surface area (Å²) in [6.07, 6.45) is 0.952. The van der Waals surface area contributed by atoms with Gasteiger partial charge in [-0.15, -0.1) is 0 Å². The number of urea groups is 1. The first-order valence-corrected chi connectivity index (χ1v) is 6.99. The molecule has 2 amide bonds. The van der Waals surface area contributed by atoms with Gasteiger partial charge in [-0.1, -0.05) is 5.16 Å². The quantitative estimate of drug-likeness (QED) is 0.836. The van der Waals surface area contributed by atoms with Gasteiger partial charge >= 0.3 is 12.0 Å². The molecular formula is C13H15N5O4. The van der Waals surface area contributed by atoms with Crippen LogP contribution in [0.25, 0.3) is 0 Å². The Labute approximate surface area is 125 Å². The van der Waals surface area contributed by atoms with E-state index < -0.39 is 18.1 Å². The average molecular weight is 305 g/mol. The van der Waals surface area contributed by atoms with E-state index in [9.17, 15) is 9.59 Å². The maximum atomic E-state index is 12.5. The molecule has 1 unspecified atom stereocenters. The van der Waals surface area contributed by atoms with E-state index in [0.717, 1.165) is 11.3 Å². The van der Waals surface area contributed by atoms with E-state index in [1.54, 1.807) is 27.7 Å². The Hall–Kier alpha value is -2.58. The van der Waals surface area contributed by atoms with Crippen molar-refractivity contribution < 1.29 is 19.5 Å². The van der Waals surface area contributed by atoms with Crippen molar-refractivity contribution in [2.75, 3.05) is 13.6 Å². The highest BCUT2D eigenvalue weighted by Gasteiger charge is 2.51. The number of carboxylic acids is 1. The zero-order chi connectivity index (χ0) is 15.6. The van der Waals surface area contributed by atoms with Gasteiger partial charge in [0, 0.05) is 32.6 Å². The number of nitrogens with zero attached hydrogens (tertiary/aromatic N) is 5. The standard InChI is InChI=1S/C13H15N5O4/c1-16-8-5-18(13(16)21)11(10-6(8)4-14-17(10)2)7-3-9(12(19)20)22-15-7/h4,8-9,11H,3,5H2,1-2H3,(H,19,20)/t8-,9?,11+/m0/s1. The first kappa shape index (κ1) is 13.1. The van der Waals surface area contributed by atoms with E-state index >= 15 is 0 Å². The smallest absolute Gasteiger partial charge is 0.348 e. The van der Waals surface area contributed by atoms with Crippen molar-refractivity contribution in [3.05, 3.63) is 17.5 Å². The zero-order valence-electron chi connectivity index (χ0n) is 12.1.